The van der Waals surface area contributed by atoms with E-state index in [4.69, 9.17) is 4.74 Å². The van der Waals surface area contributed by atoms with Crippen molar-refractivity contribution in [1.29, 1.82) is 0 Å². The van der Waals surface area contributed by atoms with E-state index in [1.54, 1.807) is 31.6 Å². The van der Waals surface area contributed by atoms with Crippen molar-refractivity contribution in [3.8, 4) is 5.75 Å². The highest BCUT2D eigenvalue weighted by molar-refractivity contribution is 5.43. The zero-order chi connectivity index (χ0) is 15.4. The number of methoxy groups -OCH3 is 1. The minimum absolute atomic E-state index is 0.204. The van der Waals surface area contributed by atoms with Crippen LogP contribution < -0.4 is 0 Å². The van der Waals surface area contributed by atoms with Gasteiger partial charge in [-0.15, -0.1) is 0 Å². The number of aromatic nitrogens is 2. The van der Waals surface area contributed by atoms with Crippen molar-refractivity contribution in [2.24, 2.45) is 0 Å². The number of hydrogen-bond acceptors (Lipinski definition) is 4. The van der Waals surface area contributed by atoms with Gasteiger partial charge < -0.3 is 9.84 Å². The molecule has 1 N–H and O–H groups in total. The summed E-state index contributed by atoms with van der Waals surface area (Å²) >= 11 is 0. The van der Waals surface area contributed by atoms with Crippen molar-refractivity contribution in [2.75, 3.05) is 7.11 Å². The summed E-state index contributed by atoms with van der Waals surface area (Å²) in [6.07, 6.45) is 3.46. The van der Waals surface area contributed by atoms with Crippen molar-refractivity contribution >= 4 is 0 Å². The van der Waals surface area contributed by atoms with Crippen LogP contribution in [0.2, 0.25) is 0 Å². The van der Waals surface area contributed by atoms with Crippen LogP contribution in [0, 0.1) is 0 Å². The topological polar surface area (TPSA) is 55.2 Å². The fraction of sp³-hybridized carbons (Fsp3) is 0.111. The van der Waals surface area contributed by atoms with Crippen molar-refractivity contribution in [2.45, 2.75) is 5.60 Å². The Morgan fingerprint density at radius 3 is 1.77 bits per heavy atom. The van der Waals surface area contributed by atoms with E-state index >= 15 is 0 Å². The number of ether oxygens (including phenoxy) is 1. The maximum absolute atomic E-state index is 9.56. The fourth-order valence-corrected chi connectivity index (χ4v) is 2.59. The van der Waals surface area contributed by atoms with Crippen molar-refractivity contribution < 1.29 is 9.84 Å². The molecule has 0 spiro atoms. The molecule has 0 unspecified atom stereocenters. The Morgan fingerprint density at radius 1 is 0.818 bits per heavy atom. The molecule has 22 heavy (non-hydrogen) atoms. The van der Waals surface area contributed by atoms with Gasteiger partial charge in [-0.25, -0.2) is 0 Å². The molecule has 0 aliphatic carbocycles. The molecule has 3 aromatic rings. The molecule has 2 heterocycles. The van der Waals surface area contributed by atoms with Crippen LogP contribution in [0.5, 0.6) is 5.75 Å². The van der Waals surface area contributed by atoms with E-state index < -0.39 is 5.60 Å². The van der Waals surface area contributed by atoms with Gasteiger partial charge in [0.2, 0.25) is 0 Å². The molecule has 4 heteroatoms. The maximum Gasteiger partial charge on any atom is 0.176 e. The number of rotatable bonds is 4. The van der Waals surface area contributed by atoms with Crippen LogP contribution in [0.3, 0.4) is 0 Å². The molecule has 0 radical (unpaired) electrons. The second kappa shape index (κ2) is 5.95. The maximum atomic E-state index is 9.56. The molecule has 0 amide bonds. The van der Waals surface area contributed by atoms with Crippen LogP contribution >= 0.6 is 0 Å². The van der Waals surface area contributed by atoms with Crippen molar-refractivity contribution in [3.05, 3.63) is 90.0 Å². The van der Waals surface area contributed by atoms with Gasteiger partial charge in [0.1, 0.15) is 5.75 Å². The number of pyridine rings is 2. The summed E-state index contributed by atoms with van der Waals surface area (Å²) in [7, 11) is 1.64. The lowest BCUT2D eigenvalue weighted by Gasteiger charge is -2.32. The van der Waals surface area contributed by atoms with Crippen LogP contribution in [0.15, 0.2) is 73.1 Å². The van der Waals surface area contributed by atoms with Crippen LogP contribution in [-0.2, 0) is 10.3 Å². The van der Waals surface area contributed by atoms with E-state index in [-0.39, 0.29) is 5.75 Å². The highest BCUT2D eigenvalue weighted by atomic mass is 16.5. The Kier molecular flexibility index (Phi) is 3.85. The van der Waals surface area contributed by atoms with Gasteiger partial charge in [0.15, 0.2) is 5.60 Å². The third-order valence-corrected chi connectivity index (χ3v) is 3.63. The quantitative estimate of drug-likeness (QED) is 0.802. The van der Waals surface area contributed by atoms with E-state index in [0.717, 1.165) is 17.0 Å². The molecule has 0 saturated heterocycles. The average molecular weight is 292 g/mol. The molecule has 0 saturated carbocycles. The standard InChI is InChI=1S/C18H16N2O2/c1-22-18(16-6-2-4-12-19-16,17-7-3-5-13-20-17)14-8-10-15(21)11-9-14/h2-13,21H,1H3. The number of phenolic OH excluding ortho intramolecular Hbond substituents is 1. The Hall–Kier alpha value is -2.72. The van der Waals surface area contributed by atoms with E-state index in [0.29, 0.717) is 0 Å². The van der Waals surface area contributed by atoms with Crippen LogP contribution in [0.25, 0.3) is 0 Å². The van der Waals surface area contributed by atoms with Gasteiger partial charge in [0, 0.05) is 19.5 Å². The molecular formula is C18H16N2O2. The smallest absolute Gasteiger partial charge is 0.176 e. The number of phenols is 1. The number of nitrogens with zero attached hydrogens (tertiary/aromatic N) is 2. The van der Waals surface area contributed by atoms with Crippen LogP contribution in [-0.4, -0.2) is 22.2 Å². The second-order valence-electron chi connectivity index (χ2n) is 4.86. The van der Waals surface area contributed by atoms with E-state index in [1.807, 2.05) is 48.5 Å². The fourth-order valence-electron chi connectivity index (χ4n) is 2.59. The Bertz CT molecular complexity index is 689. The lowest BCUT2D eigenvalue weighted by Crippen LogP contribution is -2.33. The van der Waals surface area contributed by atoms with E-state index in [1.165, 1.54) is 0 Å². The second-order valence-corrected chi connectivity index (χ2v) is 4.86. The molecule has 0 aliphatic heterocycles. The largest absolute Gasteiger partial charge is 0.508 e. The van der Waals surface area contributed by atoms with Gasteiger partial charge in [-0.1, -0.05) is 24.3 Å². The lowest BCUT2D eigenvalue weighted by molar-refractivity contribution is 0.0511. The summed E-state index contributed by atoms with van der Waals surface area (Å²) in [6, 6.07) is 18.3. The zero-order valence-electron chi connectivity index (χ0n) is 12.2. The molecule has 4 nitrogen and oxygen atoms in total. The summed E-state index contributed by atoms with van der Waals surface area (Å²) in [6.45, 7) is 0. The van der Waals surface area contributed by atoms with Gasteiger partial charge in [-0.2, -0.15) is 0 Å². The van der Waals surface area contributed by atoms with Crippen molar-refractivity contribution in [3.63, 3.8) is 0 Å². The molecule has 2 aromatic heterocycles. The minimum Gasteiger partial charge on any atom is -0.508 e. The molecule has 3 rings (SSSR count). The molecule has 0 fully saturated rings. The first kappa shape index (κ1) is 14.2. The first-order chi connectivity index (χ1) is 10.8. The minimum atomic E-state index is -0.920. The van der Waals surface area contributed by atoms with Gasteiger partial charge in [0.05, 0.1) is 11.4 Å². The SMILES string of the molecule is COC(c1ccc(O)cc1)(c1ccccn1)c1ccccn1. The summed E-state index contributed by atoms with van der Waals surface area (Å²) < 4.78 is 5.93. The van der Waals surface area contributed by atoms with Gasteiger partial charge >= 0.3 is 0 Å². The molecule has 1 aromatic carbocycles. The molecular weight excluding hydrogens is 276 g/mol. The Labute approximate surface area is 129 Å². The first-order valence-electron chi connectivity index (χ1n) is 6.95. The average Bonchev–Trinajstić information content (AvgIpc) is 2.59. The van der Waals surface area contributed by atoms with Gasteiger partial charge in [0.25, 0.3) is 0 Å². The predicted octanol–water partition coefficient (Wildman–Crippen LogP) is 3.12. The summed E-state index contributed by atoms with van der Waals surface area (Å²) in [4.78, 5) is 8.94. The van der Waals surface area contributed by atoms with E-state index in [9.17, 15) is 5.11 Å². The zero-order valence-corrected chi connectivity index (χ0v) is 12.2. The molecule has 0 aliphatic rings. The molecule has 110 valence electrons. The monoisotopic (exact) mass is 292 g/mol. The van der Waals surface area contributed by atoms with Gasteiger partial charge in [-0.3, -0.25) is 9.97 Å². The summed E-state index contributed by atoms with van der Waals surface area (Å²) in [5.41, 5.74) is 1.41. The summed E-state index contributed by atoms with van der Waals surface area (Å²) in [5.74, 6) is 0.204. The Balaban J connectivity index is 2.28. The molecule has 0 bridgehead atoms. The predicted molar refractivity (Wildman–Crippen MR) is 83.5 cm³/mol. The summed E-state index contributed by atoms with van der Waals surface area (Å²) in [5, 5.41) is 9.56. The van der Waals surface area contributed by atoms with Crippen LogP contribution in [0.4, 0.5) is 0 Å². The normalized spacial score (nSPS) is 11.3. The number of benzene rings is 1. The highest BCUT2D eigenvalue weighted by Gasteiger charge is 2.39. The third-order valence-electron chi connectivity index (χ3n) is 3.63. The highest BCUT2D eigenvalue weighted by Crippen LogP contribution is 2.38. The van der Waals surface area contributed by atoms with E-state index in [2.05, 4.69) is 9.97 Å². The number of hydrogen-bond donors (Lipinski definition) is 1. The van der Waals surface area contributed by atoms with Crippen LogP contribution in [0.1, 0.15) is 17.0 Å². The Morgan fingerprint density at radius 2 is 1.36 bits per heavy atom. The molecule has 0 atom stereocenters. The lowest BCUT2D eigenvalue weighted by atomic mass is 9.86. The van der Waals surface area contributed by atoms with Gasteiger partial charge in [-0.05, 0) is 42.0 Å². The first-order valence-corrected chi connectivity index (χ1v) is 6.95. The van der Waals surface area contributed by atoms with Crippen molar-refractivity contribution in [1.82, 2.24) is 9.97 Å². The third kappa shape index (κ3) is 2.34. The number of aromatic hydroxyl groups is 1.